The molecule has 1 unspecified atom stereocenters. The van der Waals surface area contributed by atoms with Gasteiger partial charge < -0.3 is 10.6 Å². The van der Waals surface area contributed by atoms with Gasteiger partial charge in [-0.2, -0.15) is 5.26 Å². The molecule has 0 radical (unpaired) electrons. The Balaban J connectivity index is 2.46. The molecule has 1 amide bonds. The molecule has 0 saturated heterocycles. The molecule has 0 heterocycles. The lowest BCUT2D eigenvalue weighted by atomic mass is 10.1. The molecule has 1 aromatic carbocycles. The number of hydrogen-bond acceptors (Lipinski definition) is 4. The monoisotopic (exact) mass is 291 g/mol. The first kappa shape index (κ1) is 16.5. The second-order valence-electron chi connectivity index (χ2n) is 4.40. The van der Waals surface area contributed by atoms with Crippen LogP contribution in [-0.2, 0) is 4.79 Å². The van der Waals surface area contributed by atoms with Crippen LogP contribution in [0.25, 0.3) is 0 Å². The zero-order valence-corrected chi connectivity index (χ0v) is 12.8. The Morgan fingerprint density at radius 2 is 2.30 bits per heavy atom. The minimum atomic E-state index is -0.0321. The van der Waals surface area contributed by atoms with Crippen molar-refractivity contribution < 1.29 is 4.79 Å². The van der Waals surface area contributed by atoms with Crippen molar-refractivity contribution >= 4 is 17.7 Å². The van der Waals surface area contributed by atoms with E-state index in [1.807, 2.05) is 18.2 Å². The van der Waals surface area contributed by atoms with Crippen LogP contribution in [0.1, 0.15) is 31.9 Å². The molecule has 20 heavy (non-hydrogen) atoms. The van der Waals surface area contributed by atoms with E-state index in [9.17, 15) is 4.79 Å². The van der Waals surface area contributed by atoms with E-state index in [1.165, 1.54) is 17.3 Å². The van der Waals surface area contributed by atoms with Crippen LogP contribution in [-0.4, -0.2) is 24.7 Å². The van der Waals surface area contributed by atoms with Gasteiger partial charge in [-0.05, 0) is 31.2 Å². The van der Waals surface area contributed by atoms with Gasteiger partial charge in [-0.3, -0.25) is 4.79 Å². The molecule has 5 heteroatoms. The van der Waals surface area contributed by atoms with E-state index in [-0.39, 0.29) is 5.91 Å². The van der Waals surface area contributed by atoms with Crippen LogP contribution >= 0.6 is 11.8 Å². The van der Waals surface area contributed by atoms with Gasteiger partial charge >= 0.3 is 0 Å². The minimum Gasteiger partial charge on any atom is -0.354 e. The van der Waals surface area contributed by atoms with Crippen molar-refractivity contribution in [2.24, 2.45) is 0 Å². The standard InChI is InChI=1S/C15H21N3OS/c1-3-17-12(2)13-6-4-7-14(10-13)20-11-15(19)18-9-5-8-16/h4,6-7,10,12,17H,3,5,9,11H2,1-2H3,(H,18,19). The van der Waals surface area contributed by atoms with Gasteiger partial charge in [-0.25, -0.2) is 0 Å². The zero-order chi connectivity index (χ0) is 14.8. The van der Waals surface area contributed by atoms with Gasteiger partial charge in [-0.15, -0.1) is 11.8 Å². The number of nitriles is 1. The predicted molar refractivity (Wildman–Crippen MR) is 82.5 cm³/mol. The quantitative estimate of drug-likeness (QED) is 0.570. The number of thioether (sulfide) groups is 1. The van der Waals surface area contributed by atoms with Crippen molar-refractivity contribution in [1.82, 2.24) is 10.6 Å². The number of benzene rings is 1. The highest BCUT2D eigenvalue weighted by atomic mass is 32.2. The topological polar surface area (TPSA) is 64.9 Å². The highest BCUT2D eigenvalue weighted by molar-refractivity contribution is 8.00. The normalized spacial score (nSPS) is 11.7. The average molecular weight is 291 g/mol. The van der Waals surface area contributed by atoms with Gasteiger partial charge in [0.15, 0.2) is 0 Å². The van der Waals surface area contributed by atoms with Crippen molar-refractivity contribution in [3.05, 3.63) is 29.8 Å². The molecule has 4 nitrogen and oxygen atoms in total. The highest BCUT2D eigenvalue weighted by Gasteiger charge is 2.06. The maximum Gasteiger partial charge on any atom is 0.230 e. The summed E-state index contributed by atoms with van der Waals surface area (Å²) in [5.41, 5.74) is 1.22. The number of nitrogens with one attached hydrogen (secondary N) is 2. The lowest BCUT2D eigenvalue weighted by molar-refractivity contribution is -0.118. The Hall–Kier alpha value is -1.51. The molecule has 1 rings (SSSR count). The molecular weight excluding hydrogens is 270 g/mol. The summed E-state index contributed by atoms with van der Waals surface area (Å²) in [6.45, 7) is 5.57. The van der Waals surface area contributed by atoms with Crippen molar-refractivity contribution in [2.45, 2.75) is 31.2 Å². The Morgan fingerprint density at radius 3 is 3.00 bits per heavy atom. The molecule has 2 N–H and O–H groups in total. The first-order valence-corrected chi connectivity index (χ1v) is 7.75. The van der Waals surface area contributed by atoms with Crippen LogP contribution in [0, 0.1) is 11.3 Å². The Morgan fingerprint density at radius 1 is 1.50 bits per heavy atom. The number of amides is 1. The largest absolute Gasteiger partial charge is 0.354 e. The Bertz CT molecular complexity index is 470. The summed E-state index contributed by atoms with van der Waals surface area (Å²) in [5.74, 6) is 0.347. The van der Waals surface area contributed by atoms with Gasteiger partial charge in [0.05, 0.1) is 18.2 Å². The fourth-order valence-electron chi connectivity index (χ4n) is 1.76. The molecule has 1 atom stereocenters. The maximum atomic E-state index is 11.6. The summed E-state index contributed by atoms with van der Waals surface area (Å²) >= 11 is 1.51. The molecule has 0 aliphatic carbocycles. The molecule has 0 saturated carbocycles. The number of hydrogen-bond donors (Lipinski definition) is 2. The third kappa shape index (κ3) is 6.09. The number of carbonyl (C=O) groups excluding carboxylic acids is 1. The number of nitrogens with zero attached hydrogens (tertiary/aromatic N) is 1. The summed E-state index contributed by atoms with van der Waals surface area (Å²) in [4.78, 5) is 12.6. The van der Waals surface area contributed by atoms with Gasteiger partial charge in [0.1, 0.15) is 0 Å². The van der Waals surface area contributed by atoms with Gasteiger partial charge in [-0.1, -0.05) is 19.1 Å². The van der Waals surface area contributed by atoms with E-state index < -0.39 is 0 Å². The number of rotatable bonds is 8. The van der Waals surface area contributed by atoms with Crippen LogP contribution in [0.15, 0.2) is 29.2 Å². The lowest BCUT2D eigenvalue weighted by Crippen LogP contribution is -2.25. The summed E-state index contributed by atoms with van der Waals surface area (Å²) in [5, 5.41) is 14.5. The Kier molecular flexibility index (Phi) is 7.78. The summed E-state index contributed by atoms with van der Waals surface area (Å²) in [6.07, 6.45) is 0.353. The number of carbonyl (C=O) groups is 1. The van der Waals surface area contributed by atoms with Crippen LogP contribution in [0.3, 0.4) is 0 Å². The second kappa shape index (κ2) is 9.40. The molecule has 0 fully saturated rings. The predicted octanol–water partition coefficient (Wildman–Crippen LogP) is 2.48. The fraction of sp³-hybridized carbons (Fsp3) is 0.467. The summed E-state index contributed by atoms with van der Waals surface area (Å²) in [7, 11) is 0. The highest BCUT2D eigenvalue weighted by Crippen LogP contribution is 2.22. The van der Waals surface area contributed by atoms with Crippen molar-refractivity contribution in [3.63, 3.8) is 0 Å². The van der Waals surface area contributed by atoms with E-state index in [0.717, 1.165) is 11.4 Å². The molecule has 0 spiro atoms. The first-order chi connectivity index (χ1) is 9.67. The van der Waals surface area contributed by atoms with Crippen molar-refractivity contribution in [3.8, 4) is 6.07 Å². The third-order valence-corrected chi connectivity index (χ3v) is 3.79. The van der Waals surface area contributed by atoms with E-state index in [4.69, 9.17) is 5.26 Å². The molecule has 0 aromatic heterocycles. The van der Waals surface area contributed by atoms with Gasteiger partial charge in [0.25, 0.3) is 0 Å². The maximum absolute atomic E-state index is 11.6. The van der Waals surface area contributed by atoms with Crippen LogP contribution in [0.2, 0.25) is 0 Å². The minimum absolute atomic E-state index is 0.0321. The molecular formula is C15H21N3OS. The fourth-order valence-corrected chi connectivity index (χ4v) is 2.55. The third-order valence-electron chi connectivity index (χ3n) is 2.80. The summed E-state index contributed by atoms with van der Waals surface area (Å²) < 4.78 is 0. The van der Waals surface area contributed by atoms with E-state index in [1.54, 1.807) is 0 Å². The molecule has 0 aliphatic rings. The second-order valence-corrected chi connectivity index (χ2v) is 5.45. The van der Waals surface area contributed by atoms with Gasteiger partial charge in [0.2, 0.25) is 5.91 Å². The molecule has 0 bridgehead atoms. The average Bonchev–Trinajstić information content (AvgIpc) is 2.46. The van der Waals surface area contributed by atoms with Crippen molar-refractivity contribution in [2.75, 3.05) is 18.8 Å². The SMILES string of the molecule is CCNC(C)c1cccc(SCC(=O)NCCC#N)c1. The zero-order valence-electron chi connectivity index (χ0n) is 12.0. The molecule has 1 aromatic rings. The Labute approximate surface area is 124 Å². The van der Waals surface area contributed by atoms with E-state index in [0.29, 0.717) is 24.8 Å². The summed E-state index contributed by atoms with van der Waals surface area (Å²) in [6, 6.07) is 10.5. The lowest BCUT2D eigenvalue weighted by Gasteiger charge is -2.13. The van der Waals surface area contributed by atoms with E-state index >= 15 is 0 Å². The smallest absolute Gasteiger partial charge is 0.230 e. The van der Waals surface area contributed by atoms with Crippen LogP contribution < -0.4 is 10.6 Å². The van der Waals surface area contributed by atoms with Crippen molar-refractivity contribution in [1.29, 1.82) is 5.26 Å². The van der Waals surface area contributed by atoms with Gasteiger partial charge in [0, 0.05) is 17.5 Å². The van der Waals surface area contributed by atoms with E-state index in [2.05, 4.69) is 36.6 Å². The van der Waals surface area contributed by atoms with Crippen LogP contribution in [0.5, 0.6) is 0 Å². The van der Waals surface area contributed by atoms with Crippen LogP contribution in [0.4, 0.5) is 0 Å². The molecule has 0 aliphatic heterocycles. The first-order valence-electron chi connectivity index (χ1n) is 6.77. The molecule has 108 valence electrons.